The number of amides is 2. The Morgan fingerprint density at radius 3 is 2.86 bits per heavy atom. The predicted molar refractivity (Wildman–Crippen MR) is 81.6 cm³/mol. The van der Waals surface area contributed by atoms with Crippen molar-refractivity contribution < 1.29 is 9.59 Å². The van der Waals surface area contributed by atoms with Gasteiger partial charge in [0.15, 0.2) is 5.69 Å². The van der Waals surface area contributed by atoms with Crippen molar-refractivity contribution in [2.24, 2.45) is 0 Å². The first-order valence-electron chi connectivity index (χ1n) is 7.28. The molecular weight excluding hydrogens is 280 g/mol. The number of aromatic nitrogens is 2. The number of nitrogens with one attached hydrogen (secondary N) is 2. The average molecular weight is 298 g/mol. The van der Waals surface area contributed by atoms with Crippen molar-refractivity contribution in [3.63, 3.8) is 0 Å². The van der Waals surface area contributed by atoms with Gasteiger partial charge in [0.25, 0.3) is 11.8 Å². The monoisotopic (exact) mass is 298 g/mol. The molecular formula is C16H18N4O2. The van der Waals surface area contributed by atoms with E-state index in [1.807, 2.05) is 44.2 Å². The Balaban J connectivity index is 1.83. The van der Waals surface area contributed by atoms with Gasteiger partial charge in [-0.3, -0.25) is 9.59 Å². The van der Waals surface area contributed by atoms with Crippen molar-refractivity contribution in [3.8, 4) is 0 Å². The van der Waals surface area contributed by atoms with E-state index in [1.54, 1.807) is 10.9 Å². The van der Waals surface area contributed by atoms with E-state index in [1.165, 1.54) is 0 Å². The molecule has 2 atom stereocenters. The highest BCUT2D eigenvalue weighted by Crippen LogP contribution is 2.19. The zero-order valence-corrected chi connectivity index (χ0v) is 12.5. The van der Waals surface area contributed by atoms with E-state index in [9.17, 15) is 9.59 Å². The molecule has 2 aromatic rings. The number of hydrogen-bond donors (Lipinski definition) is 2. The summed E-state index contributed by atoms with van der Waals surface area (Å²) in [6, 6.07) is 9.60. The summed E-state index contributed by atoms with van der Waals surface area (Å²) < 4.78 is 1.75. The third kappa shape index (κ3) is 2.47. The maximum atomic E-state index is 12.4. The summed E-state index contributed by atoms with van der Waals surface area (Å²) in [5.41, 5.74) is 1.50. The number of carbonyl (C=O) groups excluding carboxylic acids is 2. The summed E-state index contributed by atoms with van der Waals surface area (Å²) in [6.07, 6.45) is 1.56. The molecule has 1 aromatic heterocycles. The van der Waals surface area contributed by atoms with Gasteiger partial charge in [-0.05, 0) is 19.4 Å². The minimum Gasteiger partial charge on any atom is -0.349 e. The molecule has 114 valence electrons. The van der Waals surface area contributed by atoms with Crippen molar-refractivity contribution in [2.45, 2.75) is 25.9 Å². The number of hydrogen-bond acceptors (Lipinski definition) is 3. The van der Waals surface area contributed by atoms with E-state index < -0.39 is 0 Å². The van der Waals surface area contributed by atoms with Crippen LogP contribution >= 0.6 is 0 Å². The Hall–Kier alpha value is -2.63. The van der Waals surface area contributed by atoms with Crippen molar-refractivity contribution in [1.82, 2.24) is 20.2 Å². The summed E-state index contributed by atoms with van der Waals surface area (Å²) in [6.45, 7) is 4.42. The Morgan fingerprint density at radius 2 is 2.14 bits per heavy atom. The number of nitrogens with zero attached hydrogens (tertiary/aromatic N) is 2. The van der Waals surface area contributed by atoms with Gasteiger partial charge in [-0.1, -0.05) is 30.3 Å². The molecule has 0 unspecified atom stereocenters. The van der Waals surface area contributed by atoms with E-state index in [-0.39, 0.29) is 29.6 Å². The molecule has 0 radical (unpaired) electrons. The van der Waals surface area contributed by atoms with Gasteiger partial charge >= 0.3 is 0 Å². The van der Waals surface area contributed by atoms with Crippen LogP contribution in [0.3, 0.4) is 0 Å². The molecule has 22 heavy (non-hydrogen) atoms. The lowest BCUT2D eigenvalue weighted by molar-refractivity contribution is 0.0887. The van der Waals surface area contributed by atoms with Gasteiger partial charge in [-0.2, -0.15) is 0 Å². The van der Waals surface area contributed by atoms with Gasteiger partial charge in [-0.25, -0.2) is 4.98 Å². The molecule has 1 aliphatic heterocycles. The first kappa shape index (κ1) is 14.3. The van der Waals surface area contributed by atoms with Gasteiger partial charge in [-0.15, -0.1) is 0 Å². The zero-order valence-electron chi connectivity index (χ0n) is 12.5. The first-order valence-corrected chi connectivity index (χ1v) is 7.28. The standard InChI is InChI=1S/C16H18N4O2/c1-10-8-17-16(22)14-13(18-9-20(10)14)15(21)19-11(2)12-6-4-3-5-7-12/h3-7,9-11H,8H2,1-2H3,(H,17,22)(H,19,21)/t10-,11-/m1/s1. The summed E-state index contributed by atoms with van der Waals surface area (Å²) in [5, 5.41) is 5.66. The second-order valence-corrected chi connectivity index (χ2v) is 5.51. The van der Waals surface area contributed by atoms with E-state index >= 15 is 0 Å². The van der Waals surface area contributed by atoms with Crippen LogP contribution in [0.25, 0.3) is 0 Å². The molecule has 1 aliphatic rings. The largest absolute Gasteiger partial charge is 0.349 e. The Labute approximate surface area is 128 Å². The predicted octanol–water partition coefficient (Wildman–Crippen LogP) is 1.68. The van der Waals surface area contributed by atoms with Gasteiger partial charge in [0.05, 0.1) is 12.4 Å². The van der Waals surface area contributed by atoms with Crippen LogP contribution in [-0.4, -0.2) is 27.9 Å². The highest BCUT2D eigenvalue weighted by molar-refractivity contribution is 6.05. The Bertz CT molecular complexity index is 708. The van der Waals surface area contributed by atoms with Crippen molar-refractivity contribution >= 4 is 11.8 Å². The second kappa shape index (κ2) is 5.63. The molecule has 1 aromatic carbocycles. The molecule has 0 fully saturated rings. The van der Waals surface area contributed by atoms with E-state index in [0.29, 0.717) is 12.2 Å². The summed E-state index contributed by atoms with van der Waals surface area (Å²) in [5.74, 6) is -0.595. The molecule has 2 heterocycles. The summed E-state index contributed by atoms with van der Waals surface area (Å²) in [4.78, 5) is 28.6. The maximum Gasteiger partial charge on any atom is 0.272 e. The van der Waals surface area contributed by atoms with Gasteiger partial charge in [0.2, 0.25) is 0 Å². The van der Waals surface area contributed by atoms with Crippen LogP contribution in [0.1, 0.15) is 52.5 Å². The molecule has 0 saturated heterocycles. The molecule has 0 spiro atoms. The molecule has 6 heteroatoms. The molecule has 2 N–H and O–H groups in total. The lowest BCUT2D eigenvalue weighted by atomic mass is 10.1. The van der Waals surface area contributed by atoms with Gasteiger partial charge < -0.3 is 15.2 Å². The maximum absolute atomic E-state index is 12.4. The fourth-order valence-electron chi connectivity index (χ4n) is 2.60. The molecule has 6 nitrogen and oxygen atoms in total. The SMILES string of the molecule is C[C@@H]1CNC(=O)c2c(C(=O)N[C@H](C)c3ccccc3)ncn21. The summed E-state index contributed by atoms with van der Waals surface area (Å²) >= 11 is 0. The van der Waals surface area contributed by atoms with Crippen molar-refractivity contribution in [3.05, 3.63) is 53.6 Å². The van der Waals surface area contributed by atoms with Crippen LogP contribution < -0.4 is 10.6 Å². The summed E-state index contributed by atoms with van der Waals surface area (Å²) in [7, 11) is 0. The number of fused-ring (bicyclic) bond motifs is 1. The van der Waals surface area contributed by atoms with E-state index in [0.717, 1.165) is 5.56 Å². The van der Waals surface area contributed by atoms with Crippen LogP contribution in [0.4, 0.5) is 0 Å². The quantitative estimate of drug-likeness (QED) is 0.905. The van der Waals surface area contributed by atoms with Crippen LogP contribution in [0.15, 0.2) is 36.7 Å². The van der Waals surface area contributed by atoms with Crippen LogP contribution in [-0.2, 0) is 0 Å². The molecule has 0 aliphatic carbocycles. The fourth-order valence-corrected chi connectivity index (χ4v) is 2.60. The lowest BCUT2D eigenvalue weighted by Crippen LogP contribution is -2.39. The molecule has 3 rings (SSSR count). The Kier molecular flexibility index (Phi) is 3.66. The highest BCUT2D eigenvalue weighted by Gasteiger charge is 2.29. The molecule has 0 bridgehead atoms. The molecule has 0 saturated carbocycles. The fraction of sp³-hybridized carbons (Fsp3) is 0.312. The first-order chi connectivity index (χ1) is 10.6. The van der Waals surface area contributed by atoms with Gasteiger partial charge in [0, 0.05) is 12.6 Å². The number of carbonyl (C=O) groups is 2. The third-order valence-electron chi connectivity index (χ3n) is 3.90. The van der Waals surface area contributed by atoms with Crippen LogP contribution in [0, 0.1) is 0 Å². The Morgan fingerprint density at radius 1 is 1.41 bits per heavy atom. The number of benzene rings is 1. The molecule has 2 amide bonds. The lowest BCUT2D eigenvalue weighted by Gasteiger charge is -2.23. The second-order valence-electron chi connectivity index (χ2n) is 5.51. The van der Waals surface area contributed by atoms with Crippen LogP contribution in [0.2, 0.25) is 0 Å². The van der Waals surface area contributed by atoms with Crippen molar-refractivity contribution in [2.75, 3.05) is 6.54 Å². The van der Waals surface area contributed by atoms with E-state index in [4.69, 9.17) is 0 Å². The highest BCUT2D eigenvalue weighted by atomic mass is 16.2. The third-order valence-corrected chi connectivity index (χ3v) is 3.90. The topological polar surface area (TPSA) is 76.0 Å². The minimum absolute atomic E-state index is 0.0910. The number of imidazole rings is 1. The van der Waals surface area contributed by atoms with Crippen molar-refractivity contribution in [1.29, 1.82) is 0 Å². The average Bonchev–Trinajstić information content (AvgIpc) is 2.98. The van der Waals surface area contributed by atoms with Crippen LogP contribution in [0.5, 0.6) is 0 Å². The normalized spacial score (nSPS) is 18.3. The zero-order chi connectivity index (χ0) is 15.7. The van der Waals surface area contributed by atoms with E-state index in [2.05, 4.69) is 15.6 Å². The number of rotatable bonds is 3. The minimum atomic E-state index is -0.339. The van der Waals surface area contributed by atoms with Gasteiger partial charge in [0.1, 0.15) is 5.69 Å². The smallest absolute Gasteiger partial charge is 0.272 e.